The molecular formula is C20H22N2O3S. The van der Waals surface area contributed by atoms with Crippen molar-refractivity contribution >= 4 is 15.7 Å². The van der Waals surface area contributed by atoms with E-state index in [1.165, 1.54) is 6.07 Å². The molecule has 0 bridgehead atoms. The number of carbonyl (C=O) groups is 1. The highest BCUT2D eigenvalue weighted by Crippen LogP contribution is 2.28. The van der Waals surface area contributed by atoms with Gasteiger partial charge in [0.25, 0.3) is 5.91 Å². The molecule has 1 amide bonds. The van der Waals surface area contributed by atoms with Gasteiger partial charge in [0.15, 0.2) is 9.84 Å². The van der Waals surface area contributed by atoms with Crippen LogP contribution in [0.1, 0.15) is 15.9 Å². The van der Waals surface area contributed by atoms with Crippen molar-refractivity contribution in [1.29, 1.82) is 0 Å². The molecule has 0 spiro atoms. The number of likely N-dealkylation sites (tertiary alicyclic amines) is 1. The van der Waals surface area contributed by atoms with Crippen molar-refractivity contribution in [3.8, 4) is 0 Å². The Morgan fingerprint density at radius 1 is 1.00 bits per heavy atom. The molecule has 4 rings (SSSR count). The lowest BCUT2D eigenvalue weighted by Gasteiger charge is -2.18. The molecule has 5 nitrogen and oxygen atoms in total. The third-order valence-corrected chi connectivity index (χ3v) is 7.00. The molecule has 2 aliphatic rings. The van der Waals surface area contributed by atoms with Gasteiger partial charge in [-0.3, -0.25) is 4.79 Å². The minimum Gasteiger partial charge on any atom is -0.338 e. The molecule has 2 aromatic rings. The van der Waals surface area contributed by atoms with E-state index in [-0.39, 0.29) is 16.6 Å². The maximum atomic E-state index is 12.8. The molecule has 2 aliphatic heterocycles. The fourth-order valence-corrected chi connectivity index (χ4v) is 5.29. The van der Waals surface area contributed by atoms with E-state index in [1.807, 2.05) is 23.1 Å². The van der Waals surface area contributed by atoms with E-state index in [2.05, 4.69) is 5.32 Å². The second kappa shape index (κ2) is 6.85. The lowest BCUT2D eigenvalue weighted by Crippen LogP contribution is -2.31. The van der Waals surface area contributed by atoms with E-state index < -0.39 is 9.84 Å². The lowest BCUT2D eigenvalue weighted by atomic mass is 10.0. The zero-order chi connectivity index (χ0) is 18.1. The first-order valence-electron chi connectivity index (χ1n) is 8.90. The highest BCUT2D eigenvalue weighted by Gasteiger charge is 2.38. The van der Waals surface area contributed by atoms with Gasteiger partial charge in [-0.05, 0) is 35.6 Å². The van der Waals surface area contributed by atoms with E-state index in [1.54, 1.807) is 30.3 Å². The number of benzene rings is 2. The van der Waals surface area contributed by atoms with Crippen LogP contribution in [0.2, 0.25) is 0 Å². The fraction of sp³-hybridized carbons (Fsp3) is 0.350. The largest absolute Gasteiger partial charge is 0.338 e. The Morgan fingerprint density at radius 3 is 2.38 bits per heavy atom. The third kappa shape index (κ3) is 3.39. The number of rotatable bonds is 4. The Morgan fingerprint density at radius 2 is 1.69 bits per heavy atom. The van der Waals surface area contributed by atoms with Crippen LogP contribution in [-0.4, -0.2) is 45.4 Å². The number of sulfone groups is 1. The summed E-state index contributed by atoms with van der Waals surface area (Å²) in [6, 6.07) is 15.5. The number of nitrogens with zero attached hydrogens (tertiary/aromatic N) is 1. The fourth-order valence-electron chi connectivity index (χ4n) is 3.90. The minimum atomic E-state index is -3.49. The summed E-state index contributed by atoms with van der Waals surface area (Å²) in [5.74, 6) is 0.898. The topological polar surface area (TPSA) is 66.5 Å². The number of nitrogens with one attached hydrogen (secondary N) is 1. The van der Waals surface area contributed by atoms with Gasteiger partial charge in [-0.2, -0.15) is 0 Å². The van der Waals surface area contributed by atoms with Gasteiger partial charge in [0.05, 0.1) is 10.6 Å². The highest BCUT2D eigenvalue weighted by molar-refractivity contribution is 7.90. The second-order valence-corrected chi connectivity index (χ2v) is 9.15. The predicted molar refractivity (Wildman–Crippen MR) is 99.5 cm³/mol. The van der Waals surface area contributed by atoms with Crippen LogP contribution in [0.4, 0.5) is 0 Å². The monoisotopic (exact) mass is 370 g/mol. The van der Waals surface area contributed by atoms with E-state index >= 15 is 0 Å². The van der Waals surface area contributed by atoms with Gasteiger partial charge in [0, 0.05) is 31.7 Å². The van der Waals surface area contributed by atoms with Gasteiger partial charge >= 0.3 is 0 Å². The number of carbonyl (C=O) groups excluding carboxylic acids is 1. The van der Waals surface area contributed by atoms with Crippen LogP contribution < -0.4 is 5.32 Å². The quantitative estimate of drug-likeness (QED) is 0.893. The standard InChI is InChI=1S/C20H22N2O3S/c23-20(22-12-17-10-21-11-18(17)13-22)16-7-4-8-19(9-16)26(24,25)14-15-5-2-1-3-6-15/h1-9,17-18,21H,10-14H2/t17-,18+. The first-order valence-corrected chi connectivity index (χ1v) is 10.5. The number of fused-ring (bicyclic) bond motifs is 1. The summed E-state index contributed by atoms with van der Waals surface area (Å²) in [6.45, 7) is 3.41. The SMILES string of the molecule is O=C(c1cccc(S(=O)(=O)Cc2ccccc2)c1)N1C[C@H]2CNC[C@H]2C1. The van der Waals surface area contributed by atoms with Gasteiger partial charge < -0.3 is 10.2 Å². The first kappa shape index (κ1) is 17.2. The zero-order valence-electron chi connectivity index (χ0n) is 14.5. The Kier molecular flexibility index (Phi) is 4.54. The predicted octanol–water partition coefficient (Wildman–Crippen LogP) is 1.95. The van der Waals surface area contributed by atoms with Gasteiger partial charge in [-0.1, -0.05) is 36.4 Å². The number of hydrogen-bond donors (Lipinski definition) is 1. The molecule has 2 aromatic carbocycles. The highest BCUT2D eigenvalue weighted by atomic mass is 32.2. The van der Waals surface area contributed by atoms with Crippen molar-refractivity contribution in [2.24, 2.45) is 11.8 Å². The second-order valence-electron chi connectivity index (χ2n) is 7.16. The summed E-state index contributed by atoms with van der Waals surface area (Å²) in [7, 11) is -3.49. The lowest BCUT2D eigenvalue weighted by molar-refractivity contribution is 0.0781. The normalized spacial score (nSPS) is 22.4. The van der Waals surface area contributed by atoms with Crippen LogP contribution in [0, 0.1) is 11.8 Å². The average molecular weight is 370 g/mol. The Labute approximate surface area is 153 Å². The van der Waals surface area contributed by atoms with Gasteiger partial charge in [0.1, 0.15) is 0 Å². The van der Waals surface area contributed by atoms with E-state index in [4.69, 9.17) is 0 Å². The maximum absolute atomic E-state index is 12.8. The van der Waals surface area contributed by atoms with Crippen LogP contribution in [0.5, 0.6) is 0 Å². The average Bonchev–Trinajstić information content (AvgIpc) is 3.24. The van der Waals surface area contributed by atoms with Crippen LogP contribution >= 0.6 is 0 Å². The van der Waals surface area contributed by atoms with Crippen molar-refractivity contribution in [3.05, 3.63) is 65.7 Å². The number of amides is 1. The molecule has 0 saturated carbocycles. The van der Waals surface area contributed by atoms with Crippen molar-refractivity contribution < 1.29 is 13.2 Å². The summed E-state index contributed by atoms with van der Waals surface area (Å²) in [6.07, 6.45) is 0. The maximum Gasteiger partial charge on any atom is 0.253 e. The Hall–Kier alpha value is -2.18. The van der Waals surface area contributed by atoms with Gasteiger partial charge in [-0.25, -0.2) is 8.42 Å². The van der Waals surface area contributed by atoms with Crippen molar-refractivity contribution in [2.45, 2.75) is 10.6 Å². The molecule has 6 heteroatoms. The molecule has 0 unspecified atom stereocenters. The Balaban J connectivity index is 1.54. The molecule has 0 aromatic heterocycles. The van der Waals surface area contributed by atoms with Crippen LogP contribution in [-0.2, 0) is 15.6 Å². The van der Waals surface area contributed by atoms with Gasteiger partial charge in [0.2, 0.25) is 0 Å². The van der Waals surface area contributed by atoms with Gasteiger partial charge in [-0.15, -0.1) is 0 Å². The Bertz CT molecular complexity index is 900. The summed E-state index contributed by atoms with van der Waals surface area (Å²) in [4.78, 5) is 14.9. The molecule has 2 atom stereocenters. The van der Waals surface area contributed by atoms with Crippen molar-refractivity contribution in [1.82, 2.24) is 10.2 Å². The summed E-state index contributed by atoms with van der Waals surface area (Å²) in [5.41, 5.74) is 1.19. The number of hydrogen-bond acceptors (Lipinski definition) is 4. The smallest absolute Gasteiger partial charge is 0.253 e. The van der Waals surface area contributed by atoms with E-state index in [0.29, 0.717) is 17.4 Å². The minimum absolute atomic E-state index is 0.0645. The summed E-state index contributed by atoms with van der Waals surface area (Å²) in [5, 5.41) is 3.36. The molecule has 1 N–H and O–H groups in total. The summed E-state index contributed by atoms with van der Waals surface area (Å²) < 4.78 is 25.4. The molecule has 2 heterocycles. The molecule has 2 fully saturated rings. The zero-order valence-corrected chi connectivity index (χ0v) is 15.3. The van der Waals surface area contributed by atoms with Crippen molar-refractivity contribution in [2.75, 3.05) is 26.2 Å². The molecule has 0 aliphatic carbocycles. The molecule has 2 saturated heterocycles. The van der Waals surface area contributed by atoms with Crippen molar-refractivity contribution in [3.63, 3.8) is 0 Å². The third-order valence-electron chi connectivity index (χ3n) is 5.32. The molecule has 136 valence electrons. The van der Waals surface area contributed by atoms with Crippen LogP contribution in [0.25, 0.3) is 0 Å². The van der Waals surface area contributed by atoms with E-state index in [0.717, 1.165) is 31.7 Å². The van der Waals surface area contributed by atoms with Crippen LogP contribution in [0.15, 0.2) is 59.5 Å². The van der Waals surface area contributed by atoms with E-state index in [9.17, 15) is 13.2 Å². The summed E-state index contributed by atoms with van der Waals surface area (Å²) >= 11 is 0. The molecule has 26 heavy (non-hydrogen) atoms. The molecule has 0 radical (unpaired) electrons. The first-order chi connectivity index (χ1) is 12.5. The molecular weight excluding hydrogens is 348 g/mol. The van der Waals surface area contributed by atoms with Crippen LogP contribution in [0.3, 0.4) is 0 Å².